The molecule has 2 atom stereocenters. The second-order valence-electron chi connectivity index (χ2n) is 4.67. The van der Waals surface area contributed by atoms with Crippen molar-refractivity contribution in [3.05, 3.63) is 33.9 Å². The summed E-state index contributed by atoms with van der Waals surface area (Å²) in [4.78, 5) is 20.6. The summed E-state index contributed by atoms with van der Waals surface area (Å²) in [6.45, 7) is 0. The van der Waals surface area contributed by atoms with Crippen LogP contribution in [0.15, 0.2) is 12.1 Å². The van der Waals surface area contributed by atoms with Crippen LogP contribution in [0, 0.1) is 27.7 Å². The van der Waals surface area contributed by atoms with Gasteiger partial charge in [-0.1, -0.05) is 6.42 Å². The Kier molecular flexibility index (Phi) is 3.82. The van der Waals surface area contributed by atoms with Crippen LogP contribution in [0.3, 0.4) is 0 Å². The monoisotopic (exact) mass is 286 g/mol. The summed E-state index contributed by atoms with van der Waals surface area (Å²) in [7, 11) is 0. The normalized spacial score (nSPS) is 21.7. The van der Waals surface area contributed by atoms with Crippen molar-refractivity contribution in [2.24, 2.45) is 5.92 Å². The van der Waals surface area contributed by atoms with Crippen LogP contribution in [0.4, 0.5) is 20.2 Å². The van der Waals surface area contributed by atoms with Gasteiger partial charge in [0.05, 0.1) is 23.0 Å². The van der Waals surface area contributed by atoms with E-state index in [1.807, 2.05) is 0 Å². The lowest BCUT2D eigenvalue weighted by atomic mass is 10.0. The molecule has 20 heavy (non-hydrogen) atoms. The molecule has 0 saturated heterocycles. The van der Waals surface area contributed by atoms with Crippen molar-refractivity contribution in [1.29, 1.82) is 0 Å². The molecule has 1 aliphatic carbocycles. The molecule has 8 heteroatoms. The van der Waals surface area contributed by atoms with Crippen LogP contribution in [-0.4, -0.2) is 22.0 Å². The van der Waals surface area contributed by atoms with E-state index in [9.17, 15) is 23.7 Å². The third-order valence-electron chi connectivity index (χ3n) is 3.40. The molecule has 1 aromatic rings. The second-order valence-corrected chi connectivity index (χ2v) is 4.67. The first-order valence-corrected chi connectivity index (χ1v) is 6.03. The third-order valence-corrected chi connectivity index (χ3v) is 3.40. The lowest BCUT2D eigenvalue weighted by Gasteiger charge is -2.19. The topological polar surface area (TPSA) is 92.5 Å². The summed E-state index contributed by atoms with van der Waals surface area (Å²) in [6.07, 6.45) is 1.56. The molecule has 1 aromatic carbocycles. The molecule has 1 aliphatic rings. The van der Waals surface area contributed by atoms with Crippen molar-refractivity contribution in [1.82, 2.24) is 0 Å². The van der Waals surface area contributed by atoms with E-state index in [4.69, 9.17) is 5.11 Å². The zero-order valence-corrected chi connectivity index (χ0v) is 10.3. The highest BCUT2D eigenvalue weighted by molar-refractivity contribution is 5.72. The molecule has 0 bridgehead atoms. The standard InChI is InChI=1S/C12H12F2N2O4/c13-8-4-6(16(19)20)5-9(14)11(8)15-10-3-1-2-7(10)12(17)18/h4-5,7,10,15H,1-3H2,(H,17,18). The van der Waals surface area contributed by atoms with Crippen molar-refractivity contribution in [2.45, 2.75) is 25.3 Å². The van der Waals surface area contributed by atoms with Crippen molar-refractivity contribution >= 4 is 17.3 Å². The maximum atomic E-state index is 13.7. The van der Waals surface area contributed by atoms with Crippen LogP contribution in [0.1, 0.15) is 19.3 Å². The van der Waals surface area contributed by atoms with Crippen molar-refractivity contribution in [3.63, 3.8) is 0 Å². The van der Waals surface area contributed by atoms with Gasteiger partial charge in [-0.2, -0.15) is 0 Å². The van der Waals surface area contributed by atoms with Gasteiger partial charge in [-0.3, -0.25) is 14.9 Å². The first-order valence-electron chi connectivity index (χ1n) is 6.03. The van der Waals surface area contributed by atoms with E-state index in [-0.39, 0.29) is 0 Å². The largest absolute Gasteiger partial charge is 0.481 e. The Hall–Kier alpha value is -2.25. The highest BCUT2D eigenvalue weighted by Gasteiger charge is 2.34. The molecule has 0 heterocycles. The number of carboxylic acids is 1. The summed E-state index contributed by atoms with van der Waals surface area (Å²) in [5.41, 5.74) is -1.21. The van der Waals surface area contributed by atoms with E-state index >= 15 is 0 Å². The molecular weight excluding hydrogens is 274 g/mol. The van der Waals surface area contributed by atoms with Crippen molar-refractivity contribution in [3.8, 4) is 0 Å². The Morgan fingerprint density at radius 2 is 1.95 bits per heavy atom. The molecule has 2 N–H and O–H groups in total. The van der Waals surface area contributed by atoms with Crippen LogP contribution in [-0.2, 0) is 4.79 Å². The van der Waals surface area contributed by atoms with Crippen LogP contribution < -0.4 is 5.32 Å². The Morgan fingerprint density at radius 1 is 1.35 bits per heavy atom. The van der Waals surface area contributed by atoms with E-state index < -0.39 is 45.9 Å². The first-order chi connectivity index (χ1) is 9.40. The Balaban J connectivity index is 2.25. The lowest BCUT2D eigenvalue weighted by molar-refractivity contribution is -0.385. The van der Waals surface area contributed by atoms with Gasteiger partial charge in [-0.25, -0.2) is 8.78 Å². The number of carboxylic acid groups (broad SMARTS) is 1. The van der Waals surface area contributed by atoms with Gasteiger partial charge in [-0.05, 0) is 12.8 Å². The number of rotatable bonds is 4. The number of nitrogens with zero attached hydrogens (tertiary/aromatic N) is 1. The third kappa shape index (κ3) is 2.68. The van der Waals surface area contributed by atoms with Gasteiger partial charge in [0.1, 0.15) is 5.69 Å². The molecular formula is C12H12F2N2O4. The average Bonchev–Trinajstić information content (AvgIpc) is 2.81. The highest BCUT2D eigenvalue weighted by Crippen LogP contribution is 2.32. The minimum absolute atomic E-state index is 0.434. The Bertz CT molecular complexity index is 541. The average molecular weight is 286 g/mol. The Morgan fingerprint density at radius 3 is 2.45 bits per heavy atom. The molecule has 2 rings (SSSR count). The van der Waals surface area contributed by atoms with E-state index in [0.717, 1.165) is 0 Å². The second kappa shape index (κ2) is 5.40. The van der Waals surface area contributed by atoms with E-state index in [1.54, 1.807) is 0 Å². The van der Waals surface area contributed by atoms with Gasteiger partial charge in [0.25, 0.3) is 5.69 Å². The SMILES string of the molecule is O=C(O)C1CCCC1Nc1c(F)cc([N+](=O)[O-])cc1F. The molecule has 1 fully saturated rings. The number of nitrogens with one attached hydrogen (secondary N) is 1. The fourth-order valence-electron chi connectivity index (χ4n) is 2.42. The fraction of sp³-hybridized carbons (Fsp3) is 0.417. The lowest BCUT2D eigenvalue weighted by Crippen LogP contribution is -2.30. The zero-order chi connectivity index (χ0) is 14.9. The highest BCUT2D eigenvalue weighted by atomic mass is 19.1. The maximum Gasteiger partial charge on any atom is 0.308 e. The van der Waals surface area contributed by atoms with Gasteiger partial charge < -0.3 is 10.4 Å². The summed E-state index contributed by atoms with van der Waals surface area (Å²) >= 11 is 0. The molecule has 2 unspecified atom stereocenters. The van der Waals surface area contributed by atoms with E-state index in [1.165, 1.54) is 0 Å². The number of anilines is 1. The maximum absolute atomic E-state index is 13.7. The summed E-state index contributed by atoms with van der Waals surface area (Å²) < 4.78 is 27.4. The number of aliphatic carboxylic acids is 1. The van der Waals surface area contributed by atoms with Gasteiger partial charge in [0, 0.05) is 6.04 Å². The minimum Gasteiger partial charge on any atom is -0.481 e. The first kappa shape index (κ1) is 14.2. The number of halogens is 2. The number of hydrogen-bond donors (Lipinski definition) is 2. The molecule has 108 valence electrons. The number of hydrogen-bond acceptors (Lipinski definition) is 4. The minimum atomic E-state index is -1.10. The molecule has 1 saturated carbocycles. The number of non-ortho nitro benzene ring substituents is 1. The zero-order valence-electron chi connectivity index (χ0n) is 10.3. The van der Waals surface area contributed by atoms with Crippen LogP contribution in [0.5, 0.6) is 0 Å². The number of carbonyl (C=O) groups is 1. The van der Waals surface area contributed by atoms with E-state index in [2.05, 4.69) is 5.32 Å². The molecule has 0 amide bonds. The van der Waals surface area contributed by atoms with E-state index in [0.29, 0.717) is 31.4 Å². The summed E-state index contributed by atoms with van der Waals surface area (Å²) in [5.74, 6) is -3.95. The number of benzene rings is 1. The summed E-state index contributed by atoms with van der Waals surface area (Å²) in [6, 6.07) is 0.629. The van der Waals surface area contributed by atoms with Gasteiger partial charge >= 0.3 is 5.97 Å². The van der Waals surface area contributed by atoms with Crippen molar-refractivity contribution in [2.75, 3.05) is 5.32 Å². The van der Waals surface area contributed by atoms with Gasteiger partial charge in [0.2, 0.25) is 0 Å². The number of nitro groups is 1. The van der Waals surface area contributed by atoms with Crippen LogP contribution >= 0.6 is 0 Å². The molecule has 0 aromatic heterocycles. The summed E-state index contributed by atoms with van der Waals surface area (Å²) in [5, 5.41) is 22.0. The van der Waals surface area contributed by atoms with Crippen molar-refractivity contribution < 1.29 is 23.6 Å². The molecule has 0 spiro atoms. The predicted octanol–water partition coefficient (Wildman–Crippen LogP) is 2.54. The van der Waals surface area contributed by atoms with Gasteiger partial charge in [-0.15, -0.1) is 0 Å². The predicted molar refractivity (Wildman–Crippen MR) is 65.4 cm³/mol. The van der Waals surface area contributed by atoms with Gasteiger partial charge in [0.15, 0.2) is 11.6 Å². The number of nitro benzene ring substituents is 1. The Labute approximate surface area is 112 Å². The molecule has 0 radical (unpaired) electrons. The smallest absolute Gasteiger partial charge is 0.308 e. The molecule has 0 aliphatic heterocycles. The fourth-order valence-corrected chi connectivity index (χ4v) is 2.42. The van der Waals surface area contributed by atoms with Crippen LogP contribution in [0.2, 0.25) is 0 Å². The quantitative estimate of drug-likeness (QED) is 0.655. The molecule has 6 nitrogen and oxygen atoms in total. The van der Waals surface area contributed by atoms with Crippen LogP contribution in [0.25, 0.3) is 0 Å².